The van der Waals surface area contributed by atoms with E-state index in [0.29, 0.717) is 6.54 Å². The van der Waals surface area contributed by atoms with Gasteiger partial charge in [0.2, 0.25) is 0 Å². The molecule has 1 N–H and O–H groups in total. The molecule has 1 fully saturated rings. The maximum atomic E-state index is 13.0. The third-order valence-corrected chi connectivity index (χ3v) is 3.68. The third-order valence-electron chi connectivity index (χ3n) is 3.68. The summed E-state index contributed by atoms with van der Waals surface area (Å²) < 4.78 is 49.7. The van der Waals surface area contributed by atoms with Crippen molar-refractivity contribution in [3.05, 3.63) is 23.3 Å². The van der Waals surface area contributed by atoms with Crippen LogP contribution in [-0.2, 0) is 12.7 Å². The highest BCUT2D eigenvalue weighted by Gasteiger charge is 2.37. The molecule has 0 bridgehead atoms. The Hall–Kier alpha value is -1.47. The van der Waals surface area contributed by atoms with Crippen molar-refractivity contribution in [1.82, 2.24) is 10.2 Å². The first-order valence-corrected chi connectivity index (χ1v) is 6.97. The van der Waals surface area contributed by atoms with E-state index in [2.05, 4.69) is 10.2 Å². The Morgan fingerprint density at radius 2 is 1.71 bits per heavy atom. The normalized spacial score (nSPS) is 19.6. The molecule has 1 aromatic rings. The molecule has 1 saturated heterocycles. The van der Waals surface area contributed by atoms with Crippen LogP contribution in [-0.4, -0.2) is 44.3 Å². The van der Waals surface area contributed by atoms with E-state index in [1.165, 1.54) is 6.07 Å². The Morgan fingerprint density at radius 1 is 1.05 bits per heavy atom. The summed E-state index contributed by atoms with van der Waals surface area (Å²) in [5.41, 5.74) is -0.0131. The van der Waals surface area contributed by atoms with Crippen LogP contribution in [0, 0.1) is 0 Å². The van der Waals surface area contributed by atoms with Crippen LogP contribution in [0.4, 0.5) is 13.2 Å². The second-order valence-corrected chi connectivity index (χ2v) is 5.15. The number of halogens is 3. The SMILES string of the molecule is FC(F)(F)c1ccc(CN2CCNCC2)c2c1OCCO2. The van der Waals surface area contributed by atoms with E-state index in [1.807, 2.05) is 0 Å². The van der Waals surface area contributed by atoms with Crippen molar-refractivity contribution in [2.45, 2.75) is 12.7 Å². The Balaban J connectivity index is 1.91. The molecular weight excluding hydrogens is 285 g/mol. The smallest absolute Gasteiger partial charge is 0.420 e. The molecule has 2 aliphatic heterocycles. The molecule has 0 aliphatic carbocycles. The summed E-state index contributed by atoms with van der Waals surface area (Å²) in [5, 5.41) is 3.25. The van der Waals surface area contributed by atoms with Crippen LogP contribution in [0.5, 0.6) is 11.5 Å². The van der Waals surface area contributed by atoms with Gasteiger partial charge in [-0.15, -0.1) is 0 Å². The molecule has 0 unspecified atom stereocenters. The minimum atomic E-state index is -4.43. The van der Waals surface area contributed by atoms with Crippen LogP contribution < -0.4 is 14.8 Å². The van der Waals surface area contributed by atoms with Gasteiger partial charge in [-0.3, -0.25) is 4.90 Å². The van der Waals surface area contributed by atoms with Gasteiger partial charge < -0.3 is 14.8 Å². The average Bonchev–Trinajstić information content (AvgIpc) is 2.47. The highest BCUT2D eigenvalue weighted by molar-refractivity contribution is 5.53. The number of piperazine rings is 1. The standard InChI is InChI=1S/C14H17F3N2O2/c15-14(16,17)11-2-1-10(9-19-5-3-18-4-6-19)12-13(11)21-8-7-20-12/h1-2,18H,3-9H2. The van der Waals surface area contributed by atoms with Crippen LogP contribution in [0.15, 0.2) is 12.1 Å². The van der Waals surface area contributed by atoms with Gasteiger partial charge in [0.25, 0.3) is 0 Å². The van der Waals surface area contributed by atoms with Gasteiger partial charge in [0.05, 0.1) is 0 Å². The summed E-state index contributed by atoms with van der Waals surface area (Å²) in [4.78, 5) is 2.19. The zero-order valence-electron chi connectivity index (χ0n) is 11.5. The topological polar surface area (TPSA) is 33.7 Å². The summed E-state index contributed by atoms with van der Waals surface area (Å²) in [5.74, 6) is 0.0796. The van der Waals surface area contributed by atoms with E-state index in [9.17, 15) is 13.2 Å². The number of fused-ring (bicyclic) bond motifs is 1. The van der Waals surface area contributed by atoms with Gasteiger partial charge in [0.1, 0.15) is 18.8 Å². The summed E-state index contributed by atoms with van der Waals surface area (Å²) in [7, 11) is 0. The summed E-state index contributed by atoms with van der Waals surface area (Å²) in [6.07, 6.45) is -4.43. The van der Waals surface area contributed by atoms with Crippen molar-refractivity contribution in [3.8, 4) is 11.5 Å². The van der Waals surface area contributed by atoms with Gasteiger partial charge >= 0.3 is 6.18 Å². The van der Waals surface area contributed by atoms with Crippen molar-refractivity contribution < 1.29 is 22.6 Å². The highest BCUT2D eigenvalue weighted by Crippen LogP contribution is 2.45. The summed E-state index contributed by atoms with van der Waals surface area (Å²) in [6, 6.07) is 2.59. The van der Waals surface area contributed by atoms with Crippen LogP contribution in [0.3, 0.4) is 0 Å². The first-order valence-electron chi connectivity index (χ1n) is 6.97. The van der Waals surface area contributed by atoms with E-state index in [4.69, 9.17) is 9.47 Å². The van der Waals surface area contributed by atoms with E-state index < -0.39 is 11.7 Å². The number of nitrogens with one attached hydrogen (secondary N) is 1. The quantitative estimate of drug-likeness (QED) is 0.904. The van der Waals surface area contributed by atoms with Gasteiger partial charge in [-0.05, 0) is 6.07 Å². The third kappa shape index (κ3) is 3.08. The minimum Gasteiger partial charge on any atom is -0.486 e. The molecule has 4 nitrogen and oxygen atoms in total. The number of benzene rings is 1. The lowest BCUT2D eigenvalue weighted by molar-refractivity contribution is -0.139. The molecular formula is C14H17F3N2O2. The lowest BCUT2D eigenvalue weighted by Crippen LogP contribution is -2.43. The fraction of sp³-hybridized carbons (Fsp3) is 0.571. The molecule has 1 aromatic carbocycles. The van der Waals surface area contributed by atoms with Crippen molar-refractivity contribution >= 4 is 0 Å². The van der Waals surface area contributed by atoms with Crippen molar-refractivity contribution in [2.24, 2.45) is 0 Å². The van der Waals surface area contributed by atoms with E-state index in [0.717, 1.165) is 37.8 Å². The molecule has 2 heterocycles. The van der Waals surface area contributed by atoms with E-state index >= 15 is 0 Å². The number of rotatable bonds is 2. The number of hydrogen-bond acceptors (Lipinski definition) is 4. The molecule has 0 atom stereocenters. The molecule has 7 heteroatoms. The van der Waals surface area contributed by atoms with Crippen LogP contribution in [0.1, 0.15) is 11.1 Å². The predicted molar refractivity (Wildman–Crippen MR) is 70.6 cm³/mol. The molecule has 3 rings (SSSR count). The van der Waals surface area contributed by atoms with Crippen LogP contribution in [0.2, 0.25) is 0 Å². The molecule has 0 amide bonds. The first kappa shape index (κ1) is 14.5. The predicted octanol–water partition coefficient (Wildman–Crippen LogP) is 1.88. The number of nitrogens with zero attached hydrogens (tertiary/aromatic N) is 1. The fourth-order valence-corrected chi connectivity index (χ4v) is 2.65. The van der Waals surface area contributed by atoms with Gasteiger partial charge in [0, 0.05) is 38.3 Å². The Morgan fingerprint density at radius 3 is 2.38 bits per heavy atom. The molecule has 0 aromatic heterocycles. The van der Waals surface area contributed by atoms with Gasteiger partial charge in [-0.1, -0.05) is 6.07 Å². The molecule has 0 radical (unpaired) electrons. The largest absolute Gasteiger partial charge is 0.486 e. The highest BCUT2D eigenvalue weighted by atomic mass is 19.4. The number of hydrogen-bond donors (Lipinski definition) is 1. The Labute approximate surface area is 120 Å². The summed E-state index contributed by atoms with van der Waals surface area (Å²) >= 11 is 0. The maximum absolute atomic E-state index is 13.0. The fourth-order valence-electron chi connectivity index (χ4n) is 2.65. The minimum absolute atomic E-state index is 0.146. The Kier molecular flexibility index (Phi) is 3.95. The van der Waals surface area contributed by atoms with Crippen molar-refractivity contribution in [1.29, 1.82) is 0 Å². The van der Waals surface area contributed by atoms with E-state index in [-0.39, 0.29) is 24.7 Å². The second kappa shape index (κ2) is 5.73. The first-order chi connectivity index (χ1) is 10.1. The second-order valence-electron chi connectivity index (χ2n) is 5.15. The van der Waals surface area contributed by atoms with Gasteiger partial charge in [0.15, 0.2) is 11.5 Å². The van der Waals surface area contributed by atoms with E-state index in [1.54, 1.807) is 0 Å². The monoisotopic (exact) mass is 302 g/mol. The lowest BCUT2D eigenvalue weighted by atomic mass is 10.1. The van der Waals surface area contributed by atoms with Crippen LogP contribution in [0.25, 0.3) is 0 Å². The molecule has 0 spiro atoms. The summed E-state index contributed by atoms with van der Waals surface area (Å²) in [6.45, 7) is 4.52. The van der Waals surface area contributed by atoms with Gasteiger partial charge in [-0.25, -0.2) is 0 Å². The zero-order valence-corrected chi connectivity index (χ0v) is 11.5. The van der Waals surface area contributed by atoms with Gasteiger partial charge in [-0.2, -0.15) is 13.2 Å². The maximum Gasteiger partial charge on any atom is 0.420 e. The molecule has 116 valence electrons. The van der Waals surface area contributed by atoms with Crippen LogP contribution >= 0.6 is 0 Å². The zero-order chi connectivity index (χ0) is 14.9. The Bertz CT molecular complexity index is 514. The number of ether oxygens (including phenoxy) is 2. The van der Waals surface area contributed by atoms with Crippen molar-refractivity contribution in [2.75, 3.05) is 39.4 Å². The average molecular weight is 302 g/mol. The lowest BCUT2D eigenvalue weighted by Gasteiger charge is -2.30. The van der Waals surface area contributed by atoms with Crippen molar-refractivity contribution in [3.63, 3.8) is 0 Å². The molecule has 2 aliphatic rings. The molecule has 21 heavy (non-hydrogen) atoms. The number of alkyl halides is 3. The molecule has 0 saturated carbocycles.